The van der Waals surface area contributed by atoms with Crippen molar-refractivity contribution in [1.82, 2.24) is 14.9 Å². The smallest absolute Gasteiger partial charge is 0.328 e. The van der Waals surface area contributed by atoms with Crippen LogP contribution < -0.4 is 21.3 Å². The number of ether oxygens (including phenoxy) is 1. The number of carboxylic acids is 2. The number of nitrogens with zero attached hydrogens (tertiary/aromatic N) is 1. The number of benzene rings is 2. The minimum absolute atomic E-state index is 0.219. The van der Waals surface area contributed by atoms with Crippen molar-refractivity contribution in [2.24, 2.45) is 0 Å². The summed E-state index contributed by atoms with van der Waals surface area (Å²) in [5.41, 5.74) is 0.894. The van der Waals surface area contributed by atoms with Crippen LogP contribution >= 0.6 is 0 Å². The van der Waals surface area contributed by atoms with Crippen LogP contribution in [-0.2, 0) is 22.7 Å². The van der Waals surface area contributed by atoms with Crippen LogP contribution in [0.25, 0.3) is 0 Å². The van der Waals surface area contributed by atoms with Gasteiger partial charge in [-0.25, -0.2) is 9.59 Å². The highest BCUT2D eigenvalue weighted by atomic mass is 16.5. The molecule has 0 aliphatic rings. The van der Waals surface area contributed by atoms with E-state index in [9.17, 15) is 24.0 Å². The standard InChI is InChI=1S/C24H23N3O8/c28-20-11-12-27(24(34)26-20)13-15-3-7-18(8-4-15)35-14-16-1-5-17(6-2-16)22(31)25-19(23(32)33)9-10-21(29)30/h1-8,11-12,19H,9-10,13-14H2,(H,25,31)(H,29,30)(H,32,33)(H,26,28,34)/t19-/m1/s1. The van der Waals surface area contributed by atoms with Gasteiger partial charge in [-0.2, -0.15) is 0 Å². The van der Waals surface area contributed by atoms with Crippen molar-refractivity contribution in [3.8, 4) is 5.75 Å². The minimum atomic E-state index is -1.30. The van der Waals surface area contributed by atoms with Gasteiger partial charge in [0.15, 0.2) is 0 Å². The number of amides is 1. The molecule has 182 valence electrons. The summed E-state index contributed by atoms with van der Waals surface area (Å²) in [6, 6.07) is 13.4. The van der Waals surface area contributed by atoms with E-state index < -0.39 is 35.1 Å². The molecule has 3 rings (SSSR count). The van der Waals surface area contributed by atoms with Crippen molar-refractivity contribution in [3.05, 3.63) is 98.3 Å². The van der Waals surface area contributed by atoms with Crippen LogP contribution in [0.5, 0.6) is 5.75 Å². The average Bonchev–Trinajstić information content (AvgIpc) is 2.83. The molecule has 1 aromatic heterocycles. The third-order valence-corrected chi connectivity index (χ3v) is 5.05. The monoisotopic (exact) mass is 481 g/mol. The number of aliphatic carboxylic acids is 2. The van der Waals surface area contributed by atoms with E-state index in [0.29, 0.717) is 12.3 Å². The largest absolute Gasteiger partial charge is 0.489 e. The van der Waals surface area contributed by atoms with Gasteiger partial charge in [0, 0.05) is 24.2 Å². The number of hydrogen-bond donors (Lipinski definition) is 4. The topological polar surface area (TPSA) is 168 Å². The molecule has 0 aliphatic carbocycles. The second-order valence-corrected chi connectivity index (χ2v) is 7.66. The molecule has 0 fully saturated rings. The Labute approximate surface area is 198 Å². The summed E-state index contributed by atoms with van der Waals surface area (Å²) in [4.78, 5) is 59.3. The number of aromatic nitrogens is 2. The van der Waals surface area contributed by atoms with Gasteiger partial charge in [-0.05, 0) is 41.8 Å². The molecule has 3 aromatic rings. The van der Waals surface area contributed by atoms with Crippen molar-refractivity contribution >= 4 is 17.8 Å². The lowest BCUT2D eigenvalue weighted by molar-refractivity contribution is -0.140. The quantitative estimate of drug-likeness (QED) is 0.317. The summed E-state index contributed by atoms with van der Waals surface area (Å²) >= 11 is 0. The summed E-state index contributed by atoms with van der Waals surface area (Å²) in [6.45, 7) is 0.509. The number of rotatable bonds is 11. The Hall–Kier alpha value is -4.67. The maximum atomic E-state index is 12.3. The third-order valence-electron chi connectivity index (χ3n) is 5.05. The fourth-order valence-electron chi connectivity index (χ4n) is 3.14. The molecule has 2 aromatic carbocycles. The van der Waals surface area contributed by atoms with Crippen LogP contribution in [0.1, 0.15) is 34.3 Å². The van der Waals surface area contributed by atoms with Crippen LogP contribution in [0, 0.1) is 0 Å². The number of carbonyl (C=O) groups excluding carboxylic acids is 1. The van der Waals surface area contributed by atoms with Crippen LogP contribution in [-0.4, -0.2) is 43.7 Å². The predicted molar refractivity (Wildman–Crippen MR) is 123 cm³/mol. The first-order chi connectivity index (χ1) is 16.7. The lowest BCUT2D eigenvalue weighted by Gasteiger charge is -2.14. The molecule has 0 saturated heterocycles. The number of nitrogens with one attached hydrogen (secondary N) is 2. The van der Waals surface area contributed by atoms with Crippen molar-refractivity contribution in [2.45, 2.75) is 32.0 Å². The molecule has 11 heteroatoms. The Morgan fingerprint density at radius 1 is 0.943 bits per heavy atom. The number of carbonyl (C=O) groups is 3. The molecule has 0 unspecified atom stereocenters. The van der Waals surface area contributed by atoms with Gasteiger partial charge in [-0.15, -0.1) is 0 Å². The average molecular weight is 481 g/mol. The first-order valence-corrected chi connectivity index (χ1v) is 10.6. The Bertz CT molecular complexity index is 1310. The predicted octanol–water partition coefficient (Wildman–Crippen LogP) is 1.21. The number of hydrogen-bond acceptors (Lipinski definition) is 6. The number of aromatic amines is 1. The highest BCUT2D eigenvalue weighted by Gasteiger charge is 2.21. The van der Waals surface area contributed by atoms with E-state index in [-0.39, 0.29) is 25.0 Å². The molecule has 0 aliphatic heterocycles. The second-order valence-electron chi connectivity index (χ2n) is 7.66. The van der Waals surface area contributed by atoms with Crippen molar-refractivity contribution in [2.75, 3.05) is 0 Å². The molecule has 0 saturated carbocycles. The Morgan fingerprint density at radius 3 is 2.20 bits per heavy atom. The maximum absolute atomic E-state index is 12.3. The first-order valence-electron chi connectivity index (χ1n) is 10.6. The zero-order valence-electron chi connectivity index (χ0n) is 18.5. The van der Waals surface area contributed by atoms with Crippen LogP contribution in [0.2, 0.25) is 0 Å². The number of carboxylic acid groups (broad SMARTS) is 2. The van der Waals surface area contributed by atoms with Gasteiger partial charge >= 0.3 is 17.6 Å². The summed E-state index contributed by atoms with van der Waals surface area (Å²) in [5.74, 6) is -2.48. The molecule has 35 heavy (non-hydrogen) atoms. The summed E-state index contributed by atoms with van der Waals surface area (Å²) in [6.07, 6.45) is 0.830. The maximum Gasteiger partial charge on any atom is 0.328 e. The van der Waals surface area contributed by atoms with E-state index in [1.54, 1.807) is 36.4 Å². The molecule has 0 spiro atoms. The summed E-state index contributed by atoms with van der Waals surface area (Å²) in [5, 5.41) is 20.2. The summed E-state index contributed by atoms with van der Waals surface area (Å²) in [7, 11) is 0. The van der Waals surface area contributed by atoms with E-state index in [2.05, 4.69) is 10.3 Å². The fourth-order valence-corrected chi connectivity index (χ4v) is 3.14. The van der Waals surface area contributed by atoms with E-state index in [1.165, 1.54) is 29.0 Å². The number of H-pyrrole nitrogens is 1. The van der Waals surface area contributed by atoms with Crippen molar-refractivity contribution in [3.63, 3.8) is 0 Å². The normalized spacial score (nSPS) is 11.4. The molecular formula is C24H23N3O8. The Kier molecular flexibility index (Phi) is 8.17. The molecular weight excluding hydrogens is 458 g/mol. The molecule has 1 atom stereocenters. The lowest BCUT2D eigenvalue weighted by Crippen LogP contribution is -2.41. The Morgan fingerprint density at radius 2 is 1.60 bits per heavy atom. The molecule has 11 nitrogen and oxygen atoms in total. The molecule has 4 N–H and O–H groups in total. The zero-order valence-corrected chi connectivity index (χ0v) is 18.5. The highest BCUT2D eigenvalue weighted by Crippen LogP contribution is 2.15. The van der Waals surface area contributed by atoms with E-state index >= 15 is 0 Å². The van der Waals surface area contributed by atoms with Crippen LogP contribution in [0.4, 0.5) is 0 Å². The van der Waals surface area contributed by atoms with Gasteiger partial charge in [-0.1, -0.05) is 24.3 Å². The van der Waals surface area contributed by atoms with E-state index in [0.717, 1.165) is 11.1 Å². The Balaban J connectivity index is 1.53. The van der Waals surface area contributed by atoms with E-state index in [1.807, 2.05) is 0 Å². The molecule has 0 radical (unpaired) electrons. The first kappa shape index (κ1) is 25.0. The van der Waals surface area contributed by atoms with Crippen molar-refractivity contribution < 1.29 is 29.3 Å². The lowest BCUT2D eigenvalue weighted by atomic mass is 10.1. The van der Waals surface area contributed by atoms with Gasteiger partial charge in [0.05, 0.1) is 6.54 Å². The third kappa shape index (κ3) is 7.42. The SMILES string of the molecule is O=C(O)CC[C@@H](NC(=O)c1ccc(COc2ccc(Cn3ccc(=O)[nH]c3=O)cc2)cc1)C(=O)O. The summed E-state index contributed by atoms with van der Waals surface area (Å²) < 4.78 is 7.11. The van der Waals surface area contributed by atoms with Crippen LogP contribution in [0.3, 0.4) is 0 Å². The molecule has 1 amide bonds. The minimum Gasteiger partial charge on any atom is -0.489 e. The van der Waals surface area contributed by atoms with E-state index in [4.69, 9.17) is 14.9 Å². The van der Waals surface area contributed by atoms with Crippen molar-refractivity contribution in [1.29, 1.82) is 0 Å². The second kappa shape index (κ2) is 11.5. The fraction of sp³-hybridized carbons (Fsp3) is 0.208. The van der Waals surface area contributed by atoms with Gasteiger partial charge in [0.2, 0.25) is 0 Å². The van der Waals surface area contributed by atoms with Gasteiger partial charge in [-0.3, -0.25) is 23.9 Å². The van der Waals surface area contributed by atoms with Gasteiger partial charge in [0.1, 0.15) is 18.4 Å². The van der Waals surface area contributed by atoms with Crippen LogP contribution in [0.15, 0.2) is 70.4 Å². The molecule has 1 heterocycles. The highest BCUT2D eigenvalue weighted by molar-refractivity contribution is 5.96. The zero-order chi connectivity index (χ0) is 25.4. The molecule has 0 bridgehead atoms. The van der Waals surface area contributed by atoms with Gasteiger partial charge < -0.3 is 20.3 Å². The van der Waals surface area contributed by atoms with Gasteiger partial charge in [0.25, 0.3) is 11.5 Å².